The van der Waals surface area contributed by atoms with Crippen LogP contribution in [0.1, 0.15) is 70.6 Å². The lowest BCUT2D eigenvalue weighted by Gasteiger charge is -2.43. The maximum Gasteiger partial charge on any atom is 0.326 e. The maximum absolute atomic E-state index is 13.3. The Morgan fingerprint density at radius 2 is 1.96 bits per heavy atom. The highest BCUT2D eigenvalue weighted by molar-refractivity contribution is 5.69. The molecule has 1 spiro atoms. The summed E-state index contributed by atoms with van der Waals surface area (Å²) in [6.45, 7) is 1.94. The molecule has 0 aromatic rings. The third kappa shape index (κ3) is 3.22. The molecule has 28 heavy (non-hydrogen) atoms. The molecule has 1 saturated heterocycles. The van der Waals surface area contributed by atoms with Crippen LogP contribution in [0, 0.1) is 17.3 Å². The summed E-state index contributed by atoms with van der Waals surface area (Å²) in [6, 6.07) is 0.483. The van der Waals surface area contributed by atoms with E-state index in [-0.39, 0.29) is 0 Å². The molecule has 4 heteroatoms. The van der Waals surface area contributed by atoms with Crippen molar-refractivity contribution in [2.24, 2.45) is 17.3 Å². The van der Waals surface area contributed by atoms with Gasteiger partial charge < -0.3 is 10.4 Å². The number of hydrogen-bond donors (Lipinski definition) is 3. The molecule has 5 aliphatic rings. The molecule has 4 nitrogen and oxygen atoms in total. The minimum atomic E-state index is -0.592. The third-order valence-corrected chi connectivity index (χ3v) is 8.65. The van der Waals surface area contributed by atoms with E-state index in [1.54, 1.807) is 5.57 Å². The molecular weight excluding hydrogens is 348 g/mol. The first-order chi connectivity index (χ1) is 13.6. The molecule has 4 fully saturated rings. The van der Waals surface area contributed by atoms with Gasteiger partial charge in [-0.05, 0) is 38.0 Å². The first kappa shape index (κ1) is 19.0. The Morgan fingerprint density at radius 1 is 1.18 bits per heavy atom. The number of carbonyl (C=O) groups excluding carboxylic acids is 1. The first-order valence-electron chi connectivity index (χ1n) is 11.8. The molecule has 5 rings (SSSR count). The van der Waals surface area contributed by atoms with Crippen LogP contribution in [0.25, 0.3) is 0 Å². The van der Waals surface area contributed by atoms with Crippen molar-refractivity contribution in [2.75, 3.05) is 19.6 Å². The van der Waals surface area contributed by atoms with Crippen LogP contribution in [0.15, 0.2) is 23.8 Å². The van der Waals surface area contributed by atoms with Crippen molar-refractivity contribution in [3.05, 3.63) is 23.8 Å². The summed E-state index contributed by atoms with van der Waals surface area (Å²) >= 11 is 0. The van der Waals surface area contributed by atoms with Crippen molar-refractivity contribution < 1.29 is 14.8 Å². The van der Waals surface area contributed by atoms with E-state index in [0.717, 1.165) is 38.6 Å². The molecule has 0 bridgehead atoms. The summed E-state index contributed by atoms with van der Waals surface area (Å²) in [5.41, 5.74) is 1.34. The van der Waals surface area contributed by atoms with E-state index < -0.39 is 5.60 Å². The Labute approximate surface area is 169 Å². The van der Waals surface area contributed by atoms with E-state index in [1.807, 2.05) is 0 Å². The quantitative estimate of drug-likeness (QED) is 0.680. The van der Waals surface area contributed by atoms with Crippen LogP contribution in [0.3, 0.4) is 0 Å². The van der Waals surface area contributed by atoms with Gasteiger partial charge in [-0.1, -0.05) is 55.9 Å². The van der Waals surface area contributed by atoms with Crippen molar-refractivity contribution in [3.8, 4) is 0 Å². The summed E-state index contributed by atoms with van der Waals surface area (Å²) in [5.74, 6) is 1.73. The number of allylic oxidation sites excluding steroid dienone is 3. The maximum atomic E-state index is 13.3. The number of nitrogens with one attached hydrogen (secondary N) is 2. The summed E-state index contributed by atoms with van der Waals surface area (Å²) < 4.78 is 0. The van der Waals surface area contributed by atoms with E-state index in [9.17, 15) is 9.90 Å². The monoisotopic (exact) mass is 385 g/mol. The summed E-state index contributed by atoms with van der Waals surface area (Å²) in [5, 5.41) is 14.1. The van der Waals surface area contributed by atoms with Gasteiger partial charge in [-0.3, -0.25) is 4.90 Å². The molecule has 4 aliphatic carbocycles. The third-order valence-electron chi connectivity index (χ3n) is 8.65. The Kier molecular flexibility index (Phi) is 5.01. The van der Waals surface area contributed by atoms with Gasteiger partial charge in [0.2, 0.25) is 0 Å². The molecule has 154 valence electrons. The topological polar surface area (TPSA) is 53.8 Å². The van der Waals surface area contributed by atoms with Crippen molar-refractivity contribution in [3.63, 3.8) is 0 Å². The minimum absolute atomic E-state index is 0.300. The molecule has 1 aliphatic heterocycles. The Hall–Kier alpha value is -0.970. The number of carbonyl (C=O) groups is 1. The zero-order valence-corrected chi connectivity index (χ0v) is 17.2. The van der Waals surface area contributed by atoms with Gasteiger partial charge >= 0.3 is 5.91 Å². The zero-order valence-electron chi connectivity index (χ0n) is 17.2. The molecule has 1 amide bonds. The second kappa shape index (κ2) is 7.37. The molecule has 0 radical (unpaired) electrons. The fraction of sp³-hybridized carbons (Fsp3) is 0.792. The van der Waals surface area contributed by atoms with Gasteiger partial charge in [0.05, 0.1) is 17.6 Å². The molecule has 0 aromatic carbocycles. The summed E-state index contributed by atoms with van der Waals surface area (Å²) in [4.78, 5) is 14.6. The molecule has 0 aromatic heterocycles. The number of hydrogen-bond acceptors (Lipinski definition) is 3. The summed E-state index contributed by atoms with van der Waals surface area (Å²) in [7, 11) is 0. The van der Waals surface area contributed by atoms with Crippen molar-refractivity contribution in [2.45, 2.75) is 82.3 Å². The molecule has 1 heterocycles. The molecule has 3 N–H and O–H groups in total. The van der Waals surface area contributed by atoms with Crippen molar-refractivity contribution >= 4 is 5.91 Å². The van der Waals surface area contributed by atoms with Gasteiger partial charge in [-0.25, -0.2) is 4.79 Å². The Morgan fingerprint density at radius 3 is 2.75 bits per heavy atom. The number of quaternary nitrogens is 1. The minimum Gasteiger partial charge on any atom is -0.389 e. The average Bonchev–Trinajstić information content (AvgIpc) is 3.18. The molecular formula is C24H37N2O2+. The van der Waals surface area contributed by atoms with Gasteiger partial charge in [0, 0.05) is 18.9 Å². The van der Waals surface area contributed by atoms with E-state index in [2.05, 4.69) is 23.5 Å². The second-order valence-corrected chi connectivity index (χ2v) is 10.3. The summed E-state index contributed by atoms with van der Waals surface area (Å²) in [6.07, 6.45) is 19.9. The Bertz CT molecular complexity index is 672. The Balaban J connectivity index is 1.27. The average molecular weight is 386 g/mol. The van der Waals surface area contributed by atoms with Gasteiger partial charge in [-0.15, -0.1) is 0 Å². The van der Waals surface area contributed by atoms with Gasteiger partial charge in [0.1, 0.15) is 12.6 Å². The lowest BCUT2D eigenvalue weighted by Crippen LogP contribution is -3.21. The number of aliphatic hydroxyl groups is 1. The molecule has 4 unspecified atom stereocenters. The van der Waals surface area contributed by atoms with Crippen LogP contribution >= 0.6 is 0 Å². The fourth-order valence-electron chi connectivity index (χ4n) is 7.20. The number of amides is 1. The van der Waals surface area contributed by atoms with Gasteiger partial charge in [0.15, 0.2) is 0 Å². The smallest absolute Gasteiger partial charge is 0.326 e. The van der Waals surface area contributed by atoms with E-state index in [0.29, 0.717) is 42.3 Å². The fourth-order valence-corrected chi connectivity index (χ4v) is 7.20. The first-order valence-corrected chi connectivity index (χ1v) is 11.8. The van der Waals surface area contributed by atoms with Crippen molar-refractivity contribution in [1.29, 1.82) is 0 Å². The number of rotatable bonds is 5. The largest absolute Gasteiger partial charge is 0.389 e. The second-order valence-electron chi connectivity index (χ2n) is 10.3. The van der Waals surface area contributed by atoms with E-state index >= 15 is 0 Å². The lowest BCUT2D eigenvalue weighted by molar-refractivity contribution is -0.863. The normalized spacial score (nSPS) is 39.2. The number of likely N-dealkylation sites (tertiary alicyclic amines) is 1. The highest BCUT2D eigenvalue weighted by atomic mass is 16.3. The van der Waals surface area contributed by atoms with E-state index in [1.165, 1.54) is 43.4 Å². The predicted molar refractivity (Wildman–Crippen MR) is 110 cm³/mol. The van der Waals surface area contributed by atoms with Crippen LogP contribution in [-0.2, 0) is 4.79 Å². The van der Waals surface area contributed by atoms with E-state index in [4.69, 9.17) is 0 Å². The van der Waals surface area contributed by atoms with Crippen LogP contribution in [0.2, 0.25) is 0 Å². The molecule has 3 saturated carbocycles. The van der Waals surface area contributed by atoms with Gasteiger partial charge in [-0.2, -0.15) is 0 Å². The van der Waals surface area contributed by atoms with Crippen LogP contribution in [0.4, 0.5) is 0 Å². The standard InChI is InChI=1S/C24H36N2O2/c27-21(16-25-17-23(28)12-4-1-5-13-23)26-14-11-19-9-6-10-20-15-24(19,20)22(26)18-7-2-3-8-18/h6,9-10,18,20,22,25,28H,1-5,7-8,11-17H2/p+1. The van der Waals surface area contributed by atoms with Gasteiger partial charge in [0.25, 0.3) is 0 Å². The van der Waals surface area contributed by atoms with Crippen LogP contribution < -0.4 is 10.2 Å². The van der Waals surface area contributed by atoms with Crippen LogP contribution in [-0.4, -0.2) is 42.3 Å². The highest BCUT2D eigenvalue weighted by Gasteiger charge is 2.68. The predicted octanol–water partition coefficient (Wildman–Crippen LogP) is 2.15. The number of piperidine rings is 1. The zero-order chi connectivity index (χ0) is 19.2. The SMILES string of the molecule is O=C(CNCC1(O)CCCCC1)[NH+]1CCC2=CC=CC3CC23C1C1CCCC1. The highest BCUT2D eigenvalue weighted by Crippen LogP contribution is 2.65. The lowest BCUT2D eigenvalue weighted by atomic mass is 9.71. The molecule has 4 atom stereocenters. The van der Waals surface area contributed by atoms with Crippen molar-refractivity contribution in [1.82, 2.24) is 5.32 Å². The van der Waals surface area contributed by atoms with Crippen LogP contribution in [0.5, 0.6) is 0 Å².